The molecule has 0 aromatic heterocycles. The van der Waals surface area contributed by atoms with Crippen LogP contribution in [0.15, 0.2) is 48.5 Å². The van der Waals surface area contributed by atoms with Crippen LogP contribution in [0.4, 0.5) is 4.39 Å². The maximum atomic E-state index is 14.0. The van der Waals surface area contributed by atoms with Crippen LogP contribution in [0.3, 0.4) is 0 Å². The first-order chi connectivity index (χ1) is 19.4. The number of halogens is 2. The van der Waals surface area contributed by atoms with E-state index >= 15 is 0 Å². The summed E-state index contributed by atoms with van der Waals surface area (Å²) in [7, 11) is 1.64. The maximum absolute atomic E-state index is 14.0. The van der Waals surface area contributed by atoms with E-state index in [0.717, 1.165) is 24.0 Å². The van der Waals surface area contributed by atoms with Crippen molar-refractivity contribution in [3.63, 3.8) is 0 Å². The summed E-state index contributed by atoms with van der Waals surface area (Å²) in [6.07, 6.45) is 3.15. The number of hydrogen-bond donors (Lipinski definition) is 3. The minimum Gasteiger partial charge on any atom is -0.358 e. The maximum Gasteiger partial charge on any atom is 0.245 e. The first-order valence-electron chi connectivity index (χ1n) is 14.3. The molecule has 3 unspecified atom stereocenters. The van der Waals surface area contributed by atoms with E-state index in [2.05, 4.69) is 22.5 Å². The van der Waals surface area contributed by atoms with Crippen molar-refractivity contribution >= 4 is 29.3 Å². The molecular formula is C31H43ClFN5O3. The van der Waals surface area contributed by atoms with Crippen LogP contribution in [0.1, 0.15) is 51.2 Å². The minimum absolute atomic E-state index is 0.0550. The molecule has 1 heterocycles. The number of piperazine rings is 1. The molecule has 0 aliphatic carbocycles. The van der Waals surface area contributed by atoms with Gasteiger partial charge in [-0.05, 0) is 68.5 Å². The topological polar surface area (TPSA) is 108 Å². The Morgan fingerprint density at radius 2 is 1.71 bits per heavy atom. The Balaban J connectivity index is 1.79. The van der Waals surface area contributed by atoms with E-state index in [1.165, 1.54) is 12.1 Å². The number of nitrogens with zero attached hydrogens (tertiary/aromatic N) is 2. The number of hydrogen-bond acceptors (Lipinski definition) is 5. The Morgan fingerprint density at radius 3 is 2.29 bits per heavy atom. The predicted octanol–water partition coefficient (Wildman–Crippen LogP) is 3.30. The quantitative estimate of drug-likeness (QED) is 0.353. The molecule has 0 saturated carbocycles. The van der Waals surface area contributed by atoms with Gasteiger partial charge in [-0.2, -0.15) is 0 Å². The Hall–Kier alpha value is -3.01. The number of carbonyl (C=O) groups is 3. The molecule has 0 radical (unpaired) electrons. The fourth-order valence-electron chi connectivity index (χ4n) is 5.23. The lowest BCUT2D eigenvalue weighted by Crippen LogP contribution is -2.64. The van der Waals surface area contributed by atoms with Crippen LogP contribution in [-0.2, 0) is 27.2 Å². The molecular weight excluding hydrogens is 545 g/mol. The molecule has 10 heteroatoms. The standard InChI is InChI=1S/C31H43ClFN5O3/c1-5-6-25-20-37(27(28(39)35-4)16-11-21-7-12-23(32)13-8-21)17-18-38(25)29(40)26(36-30(41)31(2,3)34)19-22-9-14-24(33)15-10-22/h7-10,12-15,25-27H,5-6,11,16-20,34H2,1-4H3,(H,35,39)(H,36,41). The molecule has 0 spiro atoms. The second-order valence-corrected chi connectivity index (χ2v) is 11.8. The van der Waals surface area contributed by atoms with Gasteiger partial charge in [0.05, 0.1) is 11.6 Å². The van der Waals surface area contributed by atoms with E-state index in [-0.39, 0.29) is 36.1 Å². The number of nitrogens with two attached hydrogens (primary N) is 1. The molecule has 2 aromatic rings. The third-order valence-corrected chi connectivity index (χ3v) is 7.82. The fourth-order valence-corrected chi connectivity index (χ4v) is 5.36. The van der Waals surface area contributed by atoms with Crippen molar-refractivity contribution in [2.75, 3.05) is 26.7 Å². The molecule has 2 aromatic carbocycles. The van der Waals surface area contributed by atoms with Gasteiger partial charge < -0.3 is 21.3 Å². The number of aryl methyl sites for hydroxylation is 1. The highest BCUT2D eigenvalue weighted by Gasteiger charge is 2.38. The van der Waals surface area contributed by atoms with Crippen molar-refractivity contribution < 1.29 is 18.8 Å². The van der Waals surface area contributed by atoms with Crippen LogP contribution < -0.4 is 16.4 Å². The van der Waals surface area contributed by atoms with Crippen molar-refractivity contribution in [3.8, 4) is 0 Å². The molecule has 1 saturated heterocycles. The first kappa shape index (κ1) is 32.5. The van der Waals surface area contributed by atoms with Crippen LogP contribution in [0.5, 0.6) is 0 Å². The fraction of sp³-hybridized carbons (Fsp3) is 0.516. The molecule has 41 heavy (non-hydrogen) atoms. The molecule has 4 N–H and O–H groups in total. The van der Waals surface area contributed by atoms with Gasteiger partial charge in [0, 0.05) is 44.2 Å². The summed E-state index contributed by atoms with van der Waals surface area (Å²) < 4.78 is 13.5. The lowest BCUT2D eigenvalue weighted by atomic mass is 9.97. The summed E-state index contributed by atoms with van der Waals surface area (Å²) in [4.78, 5) is 43.8. The van der Waals surface area contributed by atoms with Gasteiger partial charge in [0.1, 0.15) is 11.9 Å². The molecule has 3 atom stereocenters. The zero-order valence-electron chi connectivity index (χ0n) is 24.5. The predicted molar refractivity (Wildman–Crippen MR) is 160 cm³/mol. The van der Waals surface area contributed by atoms with Gasteiger partial charge in [0.25, 0.3) is 0 Å². The summed E-state index contributed by atoms with van der Waals surface area (Å²) in [5, 5.41) is 6.32. The average Bonchev–Trinajstić information content (AvgIpc) is 2.94. The van der Waals surface area contributed by atoms with Crippen molar-refractivity contribution in [3.05, 3.63) is 70.5 Å². The lowest BCUT2D eigenvalue weighted by Gasteiger charge is -2.45. The highest BCUT2D eigenvalue weighted by Crippen LogP contribution is 2.22. The highest BCUT2D eigenvalue weighted by atomic mass is 35.5. The highest BCUT2D eigenvalue weighted by molar-refractivity contribution is 6.30. The van der Waals surface area contributed by atoms with Crippen LogP contribution in [0.2, 0.25) is 5.02 Å². The van der Waals surface area contributed by atoms with Crippen molar-refractivity contribution in [2.45, 2.75) is 76.5 Å². The number of carbonyl (C=O) groups excluding carboxylic acids is 3. The summed E-state index contributed by atoms with van der Waals surface area (Å²) in [5.41, 5.74) is 6.68. The van der Waals surface area contributed by atoms with E-state index < -0.39 is 17.5 Å². The van der Waals surface area contributed by atoms with Gasteiger partial charge in [-0.25, -0.2) is 4.39 Å². The van der Waals surface area contributed by atoms with Crippen LogP contribution in [-0.4, -0.2) is 77.9 Å². The molecule has 3 rings (SSSR count). The average molecular weight is 588 g/mol. The van der Waals surface area contributed by atoms with E-state index in [4.69, 9.17) is 17.3 Å². The number of benzene rings is 2. The summed E-state index contributed by atoms with van der Waals surface area (Å²) in [6, 6.07) is 12.2. The number of likely N-dealkylation sites (N-methyl/N-ethyl adjacent to an activating group) is 1. The van der Waals surface area contributed by atoms with Gasteiger partial charge in [-0.3, -0.25) is 19.3 Å². The van der Waals surface area contributed by atoms with Gasteiger partial charge >= 0.3 is 0 Å². The second kappa shape index (κ2) is 14.8. The van der Waals surface area contributed by atoms with Gasteiger partial charge in [-0.15, -0.1) is 0 Å². The number of rotatable bonds is 12. The third-order valence-electron chi connectivity index (χ3n) is 7.57. The van der Waals surface area contributed by atoms with Gasteiger partial charge in [-0.1, -0.05) is 49.2 Å². The van der Waals surface area contributed by atoms with Gasteiger partial charge in [0.2, 0.25) is 17.7 Å². The lowest BCUT2D eigenvalue weighted by molar-refractivity contribution is -0.143. The first-order valence-corrected chi connectivity index (χ1v) is 14.7. The molecule has 0 bridgehead atoms. The molecule has 8 nitrogen and oxygen atoms in total. The third kappa shape index (κ3) is 9.24. The molecule has 224 valence electrons. The normalized spacial score (nSPS) is 17.5. The molecule has 3 amide bonds. The Morgan fingerprint density at radius 1 is 1.07 bits per heavy atom. The Labute approximate surface area is 247 Å². The van der Waals surface area contributed by atoms with Gasteiger partial charge in [0.15, 0.2) is 0 Å². The van der Waals surface area contributed by atoms with Crippen LogP contribution >= 0.6 is 11.6 Å². The number of amides is 3. The van der Waals surface area contributed by atoms with E-state index in [0.29, 0.717) is 37.5 Å². The molecule has 1 aliphatic heterocycles. The van der Waals surface area contributed by atoms with Crippen LogP contribution in [0, 0.1) is 5.82 Å². The zero-order valence-corrected chi connectivity index (χ0v) is 25.2. The summed E-state index contributed by atoms with van der Waals surface area (Å²) in [6.45, 7) is 6.71. The zero-order chi connectivity index (χ0) is 30.2. The summed E-state index contributed by atoms with van der Waals surface area (Å²) in [5.74, 6) is -1.07. The summed E-state index contributed by atoms with van der Waals surface area (Å²) >= 11 is 6.03. The smallest absolute Gasteiger partial charge is 0.245 e. The van der Waals surface area contributed by atoms with Crippen LogP contribution in [0.25, 0.3) is 0 Å². The molecule has 1 aliphatic rings. The Bertz CT molecular complexity index is 1170. The van der Waals surface area contributed by atoms with Crippen molar-refractivity contribution in [2.24, 2.45) is 5.73 Å². The monoisotopic (exact) mass is 587 g/mol. The van der Waals surface area contributed by atoms with E-state index in [1.807, 2.05) is 29.2 Å². The molecule has 1 fully saturated rings. The van der Waals surface area contributed by atoms with Crippen molar-refractivity contribution in [1.82, 2.24) is 20.4 Å². The van der Waals surface area contributed by atoms with E-state index in [1.54, 1.807) is 33.0 Å². The largest absolute Gasteiger partial charge is 0.358 e. The SMILES string of the molecule is CCCC1CN(C(CCc2ccc(Cl)cc2)C(=O)NC)CCN1C(=O)C(Cc1ccc(F)cc1)NC(=O)C(C)(C)N. The van der Waals surface area contributed by atoms with Crippen molar-refractivity contribution in [1.29, 1.82) is 0 Å². The Kier molecular flexibility index (Phi) is 11.7. The van der Waals surface area contributed by atoms with E-state index in [9.17, 15) is 18.8 Å². The minimum atomic E-state index is -1.17. The second-order valence-electron chi connectivity index (χ2n) is 11.3. The number of nitrogens with one attached hydrogen (secondary N) is 2.